The summed E-state index contributed by atoms with van der Waals surface area (Å²) < 4.78 is 28.7. The van der Waals surface area contributed by atoms with Crippen molar-refractivity contribution in [2.45, 2.75) is 45.3 Å². The Morgan fingerprint density at radius 2 is 1.68 bits per heavy atom. The van der Waals surface area contributed by atoms with Gasteiger partial charge in [-0.3, -0.25) is 19.3 Å². The van der Waals surface area contributed by atoms with Crippen LogP contribution in [-0.2, 0) is 24.1 Å². The number of nitrogens with one attached hydrogen (secondary N) is 1. The van der Waals surface area contributed by atoms with Crippen molar-refractivity contribution in [1.82, 2.24) is 0 Å². The van der Waals surface area contributed by atoms with E-state index in [4.69, 9.17) is 4.74 Å². The minimum absolute atomic E-state index is 0.323. The van der Waals surface area contributed by atoms with E-state index in [1.165, 1.54) is 49.9 Å². The number of ether oxygens (including phenoxy) is 1. The van der Waals surface area contributed by atoms with Gasteiger partial charge in [-0.2, -0.15) is 0 Å². The van der Waals surface area contributed by atoms with Crippen LogP contribution in [-0.4, -0.2) is 23.1 Å². The SMILES string of the molecule is CC(=O)Oc1ccc(C(=O)Nc2ccc3c(c2)N(C(C)(C)P(=O)=O)C(=O)C3(C)C)cc1. The quantitative estimate of drug-likeness (QED) is 0.418. The summed E-state index contributed by atoms with van der Waals surface area (Å²) in [4.78, 5) is 37.9. The third-order valence-electron chi connectivity index (χ3n) is 5.28. The van der Waals surface area contributed by atoms with E-state index < -0.39 is 30.3 Å². The van der Waals surface area contributed by atoms with Crippen LogP contribution in [0.1, 0.15) is 50.5 Å². The molecule has 0 saturated carbocycles. The fourth-order valence-corrected chi connectivity index (χ4v) is 3.86. The van der Waals surface area contributed by atoms with Gasteiger partial charge in [0.1, 0.15) is 5.75 Å². The zero-order chi connectivity index (χ0) is 23.1. The minimum atomic E-state index is -2.94. The summed E-state index contributed by atoms with van der Waals surface area (Å²) in [6, 6.07) is 11.1. The van der Waals surface area contributed by atoms with E-state index in [1.54, 1.807) is 32.0 Å². The van der Waals surface area contributed by atoms with E-state index in [-0.39, 0.29) is 5.91 Å². The number of carbonyl (C=O) groups excluding carboxylic acids is 3. The van der Waals surface area contributed by atoms with Gasteiger partial charge in [-0.05, 0) is 69.7 Å². The van der Waals surface area contributed by atoms with Crippen molar-refractivity contribution in [3.63, 3.8) is 0 Å². The van der Waals surface area contributed by atoms with Crippen LogP contribution in [0.4, 0.5) is 11.4 Å². The molecule has 2 aromatic rings. The molecule has 31 heavy (non-hydrogen) atoms. The normalized spacial score (nSPS) is 14.7. The van der Waals surface area contributed by atoms with Gasteiger partial charge in [-0.15, -0.1) is 0 Å². The molecule has 0 aromatic heterocycles. The summed E-state index contributed by atoms with van der Waals surface area (Å²) in [6.07, 6.45) is 0. The van der Waals surface area contributed by atoms with Crippen LogP contribution in [0.25, 0.3) is 0 Å². The van der Waals surface area contributed by atoms with Gasteiger partial charge in [0, 0.05) is 18.2 Å². The van der Waals surface area contributed by atoms with Crippen molar-refractivity contribution >= 4 is 36.8 Å². The second-order valence-corrected chi connectivity index (χ2v) is 9.93. The van der Waals surface area contributed by atoms with Crippen LogP contribution < -0.4 is 15.0 Å². The topological polar surface area (TPSA) is 110 Å². The molecule has 1 heterocycles. The Morgan fingerprint density at radius 1 is 1.06 bits per heavy atom. The Labute approximate surface area is 180 Å². The minimum Gasteiger partial charge on any atom is -0.427 e. The van der Waals surface area contributed by atoms with Crippen LogP contribution in [0.5, 0.6) is 5.75 Å². The van der Waals surface area contributed by atoms with E-state index >= 15 is 0 Å². The number of rotatable bonds is 5. The molecule has 1 N–H and O–H groups in total. The molecular weight excluding hydrogens is 419 g/mol. The average molecular weight is 442 g/mol. The molecule has 0 unspecified atom stereocenters. The monoisotopic (exact) mass is 442 g/mol. The van der Waals surface area contributed by atoms with E-state index in [2.05, 4.69) is 5.32 Å². The molecule has 0 radical (unpaired) electrons. The van der Waals surface area contributed by atoms with Gasteiger partial charge in [-0.1, -0.05) is 6.07 Å². The molecule has 162 valence electrons. The number of amides is 2. The molecule has 0 fully saturated rings. The Bertz CT molecular complexity index is 1140. The predicted octanol–water partition coefficient (Wildman–Crippen LogP) is 4.40. The first-order chi connectivity index (χ1) is 14.4. The van der Waals surface area contributed by atoms with E-state index in [1.807, 2.05) is 0 Å². The smallest absolute Gasteiger partial charge is 0.341 e. The number of nitrogens with zero attached hydrogens (tertiary/aromatic N) is 1. The molecule has 3 rings (SSSR count). The zero-order valence-electron chi connectivity index (χ0n) is 17.9. The first-order valence-corrected chi connectivity index (χ1v) is 10.8. The van der Waals surface area contributed by atoms with Gasteiger partial charge in [-0.25, -0.2) is 9.13 Å². The molecule has 0 spiro atoms. The van der Waals surface area contributed by atoms with Crippen LogP contribution >= 0.6 is 7.68 Å². The van der Waals surface area contributed by atoms with Gasteiger partial charge in [0.05, 0.1) is 11.1 Å². The maximum atomic E-state index is 13.0. The summed E-state index contributed by atoms with van der Waals surface area (Å²) in [6.45, 7) is 7.71. The Morgan fingerprint density at radius 3 is 2.23 bits per heavy atom. The lowest BCUT2D eigenvalue weighted by Gasteiger charge is -2.30. The van der Waals surface area contributed by atoms with E-state index in [0.29, 0.717) is 28.3 Å². The molecule has 2 aromatic carbocycles. The molecule has 2 amide bonds. The molecule has 0 atom stereocenters. The lowest BCUT2D eigenvalue weighted by molar-refractivity contribution is -0.131. The standard InChI is InChI=1S/C22H23N2O6P/c1-13(25)30-16-9-6-14(7-10-16)19(26)23-15-8-11-17-18(12-15)24(20(27)21(17,2)3)22(4,5)31(28)29/h6-12H,1-5H3,(H,23,26). The van der Waals surface area contributed by atoms with Gasteiger partial charge < -0.3 is 10.1 Å². The highest BCUT2D eigenvalue weighted by molar-refractivity contribution is 7.33. The van der Waals surface area contributed by atoms with Crippen LogP contribution in [0.2, 0.25) is 0 Å². The largest absolute Gasteiger partial charge is 0.427 e. The van der Waals surface area contributed by atoms with Crippen LogP contribution in [0.3, 0.4) is 0 Å². The van der Waals surface area contributed by atoms with Gasteiger partial charge in [0.25, 0.3) is 5.91 Å². The van der Waals surface area contributed by atoms with Gasteiger partial charge in [0.15, 0.2) is 5.28 Å². The molecule has 8 nitrogen and oxygen atoms in total. The summed E-state index contributed by atoms with van der Waals surface area (Å²) in [7, 11) is -2.94. The van der Waals surface area contributed by atoms with Crippen molar-refractivity contribution in [2.75, 3.05) is 10.2 Å². The molecular formula is C22H23N2O6P. The third-order valence-corrected chi connectivity index (χ3v) is 6.37. The number of fused-ring (bicyclic) bond motifs is 1. The van der Waals surface area contributed by atoms with E-state index in [9.17, 15) is 23.5 Å². The fraction of sp³-hybridized carbons (Fsp3) is 0.318. The van der Waals surface area contributed by atoms with Gasteiger partial charge >= 0.3 is 13.6 Å². The first kappa shape index (κ1) is 22.4. The van der Waals surface area contributed by atoms with Crippen LogP contribution in [0.15, 0.2) is 42.5 Å². The number of carbonyl (C=O) groups is 3. The molecule has 1 aliphatic rings. The molecule has 0 aliphatic carbocycles. The van der Waals surface area contributed by atoms with Gasteiger partial charge in [0.2, 0.25) is 5.91 Å². The highest BCUT2D eigenvalue weighted by Crippen LogP contribution is 2.49. The number of hydrogen-bond donors (Lipinski definition) is 1. The van der Waals surface area contributed by atoms with Crippen LogP contribution in [0, 0.1) is 0 Å². The number of esters is 1. The molecule has 9 heteroatoms. The van der Waals surface area contributed by atoms with E-state index in [0.717, 1.165) is 0 Å². The highest BCUT2D eigenvalue weighted by atomic mass is 31.1. The summed E-state index contributed by atoms with van der Waals surface area (Å²) in [5.41, 5.74) is 0.994. The number of anilines is 2. The number of hydrogen-bond acceptors (Lipinski definition) is 6. The lowest BCUT2D eigenvalue weighted by Crippen LogP contribution is -2.46. The Balaban J connectivity index is 1.92. The summed E-state index contributed by atoms with van der Waals surface area (Å²) in [5.74, 6) is -0.859. The van der Waals surface area contributed by atoms with Crippen molar-refractivity contribution in [3.05, 3.63) is 53.6 Å². The number of benzene rings is 2. The summed E-state index contributed by atoms with van der Waals surface area (Å²) in [5, 5.41) is 1.33. The Kier molecular flexibility index (Phi) is 5.63. The van der Waals surface area contributed by atoms with Crippen molar-refractivity contribution < 1.29 is 28.3 Å². The molecule has 0 saturated heterocycles. The average Bonchev–Trinajstić information content (AvgIpc) is 2.87. The maximum absolute atomic E-state index is 13.0. The lowest BCUT2D eigenvalue weighted by atomic mass is 9.86. The predicted molar refractivity (Wildman–Crippen MR) is 115 cm³/mol. The molecule has 0 bridgehead atoms. The molecule has 1 aliphatic heterocycles. The Hall–Kier alpha value is -3.25. The van der Waals surface area contributed by atoms with Crippen molar-refractivity contribution in [1.29, 1.82) is 0 Å². The second-order valence-electron chi connectivity index (χ2n) is 8.32. The van der Waals surface area contributed by atoms with Crippen molar-refractivity contribution in [2.24, 2.45) is 0 Å². The first-order valence-electron chi connectivity index (χ1n) is 9.59. The third kappa shape index (κ3) is 4.03. The zero-order valence-corrected chi connectivity index (χ0v) is 18.8. The van der Waals surface area contributed by atoms with Crippen molar-refractivity contribution in [3.8, 4) is 5.75 Å². The highest BCUT2D eigenvalue weighted by Gasteiger charge is 2.51. The summed E-state index contributed by atoms with van der Waals surface area (Å²) >= 11 is 0. The maximum Gasteiger partial charge on any atom is 0.341 e. The fourth-order valence-electron chi connectivity index (χ4n) is 3.50. The second kappa shape index (κ2) is 7.78.